The average Bonchev–Trinajstić information content (AvgIpc) is 3.59. The Kier molecular flexibility index (Phi) is 8.26. The second-order valence-electron chi connectivity index (χ2n) is 9.72. The molecule has 0 bridgehead atoms. The van der Waals surface area contributed by atoms with Crippen LogP contribution in [0.1, 0.15) is 36.6 Å². The van der Waals surface area contributed by atoms with E-state index in [-0.39, 0.29) is 19.0 Å². The zero-order valence-electron chi connectivity index (χ0n) is 23.6. The average molecular weight is 711 g/mol. The van der Waals surface area contributed by atoms with Gasteiger partial charge < -0.3 is 23.7 Å². The van der Waals surface area contributed by atoms with Crippen LogP contribution in [-0.2, 0) is 16.1 Å². The summed E-state index contributed by atoms with van der Waals surface area (Å²) in [5, 5.41) is 0. The predicted molar refractivity (Wildman–Crippen MR) is 169 cm³/mol. The third-order valence-electron chi connectivity index (χ3n) is 7.00. The van der Waals surface area contributed by atoms with Gasteiger partial charge in [-0.15, -0.1) is 0 Å². The van der Waals surface area contributed by atoms with Gasteiger partial charge in [-0.05, 0) is 83.5 Å². The molecule has 0 aliphatic carbocycles. The summed E-state index contributed by atoms with van der Waals surface area (Å²) in [6, 6.07) is 18.3. The molecule has 11 heteroatoms. The maximum Gasteiger partial charge on any atom is 0.338 e. The summed E-state index contributed by atoms with van der Waals surface area (Å²) >= 11 is 3.46. The molecular weight excluding hydrogens is 683 g/mol. The van der Waals surface area contributed by atoms with Crippen LogP contribution in [0.2, 0.25) is 0 Å². The van der Waals surface area contributed by atoms with Crippen molar-refractivity contribution >= 4 is 46.0 Å². The molecule has 1 aromatic heterocycles. The Balaban J connectivity index is 1.43. The standard InChI is InChI=1S/C32H27IN2O7S/c1-4-39-31(37)27-18(2)34-32-35(28(27)21-10-11-23-24(15-21)42-17-41-23)30(36)26(43-32)14-20-12-22(33)29(25(13-20)38-3)40-16-19-8-6-5-7-9-19/h5-15,28H,4,16-17H2,1-3H3/b26-14-. The topological polar surface area (TPSA) is 97.6 Å². The van der Waals surface area contributed by atoms with Crippen LogP contribution in [-0.4, -0.2) is 31.0 Å². The Morgan fingerprint density at radius 3 is 2.70 bits per heavy atom. The first-order valence-electron chi connectivity index (χ1n) is 13.5. The molecule has 0 saturated carbocycles. The van der Waals surface area contributed by atoms with Crippen LogP contribution >= 0.6 is 33.9 Å². The number of thiazole rings is 1. The Morgan fingerprint density at radius 2 is 1.93 bits per heavy atom. The summed E-state index contributed by atoms with van der Waals surface area (Å²) < 4.78 is 31.1. The summed E-state index contributed by atoms with van der Waals surface area (Å²) in [7, 11) is 1.59. The number of carbonyl (C=O) groups excluding carboxylic acids is 1. The normalized spacial score (nSPS) is 15.6. The lowest BCUT2D eigenvalue weighted by molar-refractivity contribution is -0.139. The molecule has 3 heterocycles. The minimum atomic E-state index is -0.754. The van der Waals surface area contributed by atoms with Gasteiger partial charge in [-0.2, -0.15) is 0 Å². The van der Waals surface area contributed by atoms with Crippen molar-refractivity contribution in [2.45, 2.75) is 26.5 Å². The van der Waals surface area contributed by atoms with E-state index < -0.39 is 12.0 Å². The Labute approximate surface area is 264 Å². The van der Waals surface area contributed by atoms with Crippen molar-refractivity contribution in [1.29, 1.82) is 0 Å². The van der Waals surface area contributed by atoms with Crippen LogP contribution in [0.3, 0.4) is 0 Å². The highest BCUT2D eigenvalue weighted by Crippen LogP contribution is 2.38. The van der Waals surface area contributed by atoms with Gasteiger partial charge in [0, 0.05) is 0 Å². The Bertz CT molecular complexity index is 1930. The summed E-state index contributed by atoms with van der Waals surface area (Å²) in [5.74, 6) is 1.82. The number of rotatable bonds is 8. The second kappa shape index (κ2) is 12.3. The fourth-order valence-electron chi connectivity index (χ4n) is 5.03. The summed E-state index contributed by atoms with van der Waals surface area (Å²) in [6.07, 6.45) is 1.80. The van der Waals surface area contributed by atoms with Gasteiger partial charge in [-0.1, -0.05) is 47.7 Å². The van der Waals surface area contributed by atoms with Crippen LogP contribution in [0.25, 0.3) is 6.08 Å². The van der Waals surface area contributed by atoms with Crippen LogP contribution in [0, 0.1) is 3.57 Å². The van der Waals surface area contributed by atoms with Gasteiger partial charge in [0.25, 0.3) is 5.56 Å². The van der Waals surface area contributed by atoms with Crippen LogP contribution in [0.15, 0.2) is 81.7 Å². The summed E-state index contributed by atoms with van der Waals surface area (Å²) in [6.45, 7) is 4.20. The van der Waals surface area contributed by atoms with E-state index in [2.05, 4.69) is 27.6 Å². The van der Waals surface area contributed by atoms with E-state index in [9.17, 15) is 9.59 Å². The number of methoxy groups -OCH3 is 1. The van der Waals surface area contributed by atoms with Crippen molar-refractivity contribution in [3.8, 4) is 23.0 Å². The monoisotopic (exact) mass is 710 g/mol. The highest BCUT2D eigenvalue weighted by Gasteiger charge is 2.34. The molecule has 3 aromatic carbocycles. The molecule has 9 nitrogen and oxygen atoms in total. The van der Waals surface area contributed by atoms with Gasteiger partial charge >= 0.3 is 5.97 Å². The van der Waals surface area contributed by atoms with E-state index in [4.69, 9.17) is 23.7 Å². The maximum absolute atomic E-state index is 14.0. The number of allylic oxidation sites excluding steroid dienone is 1. The molecule has 6 rings (SSSR count). The van der Waals surface area contributed by atoms with Crippen molar-refractivity contribution in [3.63, 3.8) is 0 Å². The molecule has 1 atom stereocenters. The number of halogens is 1. The minimum absolute atomic E-state index is 0.111. The molecule has 2 aliphatic heterocycles. The van der Waals surface area contributed by atoms with E-state index in [0.717, 1.165) is 14.7 Å². The molecule has 0 N–H and O–H groups in total. The van der Waals surface area contributed by atoms with Gasteiger partial charge in [-0.25, -0.2) is 9.79 Å². The lowest BCUT2D eigenvalue weighted by Crippen LogP contribution is -2.39. The SMILES string of the molecule is CCOC(=O)C1=C(C)N=c2s/c(=C\c3cc(I)c(OCc4ccccc4)c(OC)c3)c(=O)n2C1c1ccc2c(c1)OCO2. The number of esters is 1. The molecule has 0 spiro atoms. The van der Waals surface area contributed by atoms with Crippen molar-refractivity contribution in [2.75, 3.05) is 20.5 Å². The fraction of sp³-hybridized carbons (Fsp3) is 0.219. The Morgan fingerprint density at radius 1 is 1.14 bits per heavy atom. The molecule has 0 amide bonds. The third-order valence-corrected chi connectivity index (χ3v) is 8.79. The van der Waals surface area contributed by atoms with Crippen LogP contribution in [0.5, 0.6) is 23.0 Å². The first-order chi connectivity index (χ1) is 20.9. The van der Waals surface area contributed by atoms with Crippen molar-refractivity contribution < 1.29 is 28.5 Å². The van der Waals surface area contributed by atoms with E-state index in [1.807, 2.05) is 48.5 Å². The van der Waals surface area contributed by atoms with E-state index in [1.165, 1.54) is 11.3 Å². The molecule has 0 radical (unpaired) electrons. The zero-order valence-corrected chi connectivity index (χ0v) is 26.6. The predicted octanol–water partition coefficient (Wildman–Crippen LogP) is 4.72. The molecule has 0 saturated heterocycles. The second-order valence-corrected chi connectivity index (χ2v) is 11.9. The quantitative estimate of drug-likeness (QED) is 0.193. The molecule has 220 valence electrons. The molecule has 4 aromatic rings. The largest absolute Gasteiger partial charge is 0.493 e. The van der Waals surface area contributed by atoms with Crippen molar-refractivity contribution in [3.05, 3.63) is 112 Å². The van der Waals surface area contributed by atoms with Crippen molar-refractivity contribution in [1.82, 2.24) is 4.57 Å². The number of ether oxygens (including phenoxy) is 5. The number of aromatic nitrogens is 1. The molecule has 2 aliphatic rings. The first-order valence-corrected chi connectivity index (χ1v) is 15.4. The van der Waals surface area contributed by atoms with Crippen molar-refractivity contribution in [2.24, 2.45) is 4.99 Å². The summed E-state index contributed by atoms with van der Waals surface area (Å²) in [4.78, 5) is 32.4. The number of fused-ring (bicyclic) bond motifs is 2. The third kappa shape index (κ3) is 5.66. The van der Waals surface area contributed by atoms with Crippen LogP contribution < -0.4 is 33.8 Å². The van der Waals surface area contributed by atoms with Gasteiger partial charge in [0.15, 0.2) is 27.8 Å². The van der Waals surface area contributed by atoms with Gasteiger partial charge in [0.1, 0.15) is 6.61 Å². The number of hydrogen-bond acceptors (Lipinski definition) is 9. The lowest BCUT2D eigenvalue weighted by atomic mass is 9.95. The summed E-state index contributed by atoms with van der Waals surface area (Å²) in [5.41, 5.74) is 3.00. The molecular formula is C32H27IN2O7S. The first kappa shape index (κ1) is 29.0. The lowest BCUT2D eigenvalue weighted by Gasteiger charge is -2.24. The van der Waals surface area contributed by atoms with E-state index >= 15 is 0 Å². The highest BCUT2D eigenvalue weighted by molar-refractivity contribution is 14.1. The number of nitrogens with zero attached hydrogens (tertiary/aromatic N) is 2. The van der Waals surface area contributed by atoms with Gasteiger partial charge in [0.2, 0.25) is 6.79 Å². The molecule has 43 heavy (non-hydrogen) atoms. The van der Waals surface area contributed by atoms with Gasteiger partial charge in [0.05, 0.1) is 39.1 Å². The Hall–Kier alpha value is -4.10. The van der Waals surface area contributed by atoms with Crippen LogP contribution in [0.4, 0.5) is 0 Å². The number of carbonyl (C=O) groups is 1. The van der Waals surface area contributed by atoms with E-state index in [0.29, 0.717) is 55.8 Å². The molecule has 1 unspecified atom stereocenters. The van der Waals surface area contributed by atoms with Gasteiger partial charge in [-0.3, -0.25) is 9.36 Å². The zero-order chi connectivity index (χ0) is 30.1. The minimum Gasteiger partial charge on any atom is -0.493 e. The fourth-order valence-corrected chi connectivity index (χ4v) is 6.86. The highest BCUT2D eigenvalue weighted by atomic mass is 127. The molecule has 0 fully saturated rings. The number of hydrogen-bond donors (Lipinski definition) is 0. The van der Waals surface area contributed by atoms with E-state index in [1.54, 1.807) is 43.7 Å². The number of benzene rings is 3. The maximum atomic E-state index is 14.0. The smallest absolute Gasteiger partial charge is 0.338 e.